The van der Waals surface area contributed by atoms with Gasteiger partial charge in [0.2, 0.25) is 6.29 Å². The maximum absolute atomic E-state index is 8.58. The lowest BCUT2D eigenvalue weighted by molar-refractivity contribution is -0.0837. The summed E-state index contributed by atoms with van der Waals surface area (Å²) in [6.45, 7) is 1.45. The van der Waals surface area contributed by atoms with Crippen molar-refractivity contribution in [1.82, 2.24) is 0 Å². The van der Waals surface area contributed by atoms with Gasteiger partial charge in [-0.25, -0.2) is 0 Å². The van der Waals surface area contributed by atoms with Crippen LogP contribution in [0.3, 0.4) is 0 Å². The van der Waals surface area contributed by atoms with E-state index < -0.39 is 6.29 Å². The number of aliphatic hydroxyl groups excluding tert-OH is 1. The average Bonchev–Trinajstić information content (AvgIpc) is 1.90. The third-order valence-electron chi connectivity index (χ3n) is 0.643. The Hall–Kier alpha value is 0.01000. The number of halogens is 2. The van der Waals surface area contributed by atoms with Crippen molar-refractivity contribution in [3.8, 4) is 0 Å². The average molecular weight is 186 g/mol. The molecule has 0 saturated carbocycles. The maximum atomic E-state index is 8.58. The molecule has 0 rings (SSSR count). The van der Waals surface area contributed by atoms with Crippen LogP contribution in [0.5, 0.6) is 0 Å². The lowest BCUT2D eigenvalue weighted by atomic mass is 10.5. The topological polar surface area (TPSA) is 41.8 Å². The predicted molar refractivity (Wildman–Crippen MR) is 41.6 cm³/mol. The van der Waals surface area contributed by atoms with Gasteiger partial charge in [-0.1, -0.05) is 5.16 Å². The molecule has 0 fully saturated rings. The van der Waals surface area contributed by atoms with Crippen LogP contribution in [0.2, 0.25) is 0 Å². The van der Waals surface area contributed by atoms with Gasteiger partial charge in [0.1, 0.15) is 0 Å². The Morgan fingerprint density at radius 1 is 1.60 bits per heavy atom. The van der Waals surface area contributed by atoms with Crippen LogP contribution in [0.1, 0.15) is 6.92 Å². The first-order chi connectivity index (χ1) is 4.70. The third kappa shape index (κ3) is 4.85. The second-order valence-electron chi connectivity index (χ2n) is 1.63. The summed E-state index contributed by atoms with van der Waals surface area (Å²) in [6.07, 6.45) is -0.915. The highest BCUT2D eigenvalue weighted by Gasteiger charge is 1.96. The zero-order valence-electron chi connectivity index (χ0n) is 5.55. The van der Waals surface area contributed by atoms with Gasteiger partial charge in [-0.3, -0.25) is 0 Å². The maximum Gasteiger partial charge on any atom is 0.221 e. The van der Waals surface area contributed by atoms with Gasteiger partial charge in [0.05, 0.1) is 17.5 Å². The van der Waals surface area contributed by atoms with Gasteiger partial charge in [0.25, 0.3) is 0 Å². The molecule has 0 aliphatic rings. The molecule has 0 aliphatic heterocycles. The van der Waals surface area contributed by atoms with Crippen LogP contribution < -0.4 is 0 Å². The summed E-state index contributed by atoms with van der Waals surface area (Å²) in [7, 11) is 0. The van der Waals surface area contributed by atoms with Gasteiger partial charge in [-0.15, -0.1) is 23.2 Å². The monoisotopic (exact) mass is 185 g/mol. The Morgan fingerprint density at radius 2 is 2.10 bits per heavy atom. The first-order valence-corrected chi connectivity index (χ1v) is 3.79. The third-order valence-corrected chi connectivity index (χ3v) is 1.26. The van der Waals surface area contributed by atoms with E-state index in [1.165, 1.54) is 6.92 Å². The van der Waals surface area contributed by atoms with Crippen molar-refractivity contribution in [2.24, 2.45) is 5.16 Å². The molecule has 0 aliphatic carbocycles. The molecule has 0 heterocycles. The van der Waals surface area contributed by atoms with Crippen LogP contribution >= 0.6 is 23.2 Å². The van der Waals surface area contributed by atoms with E-state index in [1.807, 2.05) is 0 Å². The van der Waals surface area contributed by atoms with Crippen molar-refractivity contribution in [2.45, 2.75) is 13.2 Å². The summed E-state index contributed by atoms with van der Waals surface area (Å²) in [5.74, 6) is 0.437. The fraction of sp³-hybridized carbons (Fsp3) is 0.800. The molecule has 3 nitrogen and oxygen atoms in total. The second-order valence-corrected chi connectivity index (χ2v) is 2.16. The number of hydrogen-bond acceptors (Lipinski definition) is 3. The molecule has 60 valence electrons. The van der Waals surface area contributed by atoms with E-state index in [0.717, 1.165) is 0 Å². The van der Waals surface area contributed by atoms with Gasteiger partial charge in [-0.2, -0.15) is 0 Å². The highest BCUT2D eigenvalue weighted by molar-refractivity contribution is 6.36. The molecule has 0 aromatic rings. The summed E-state index contributed by atoms with van der Waals surface area (Å²) < 4.78 is 0. The number of rotatable bonds is 4. The van der Waals surface area contributed by atoms with Crippen molar-refractivity contribution >= 4 is 28.9 Å². The Kier molecular flexibility index (Phi) is 5.78. The Balaban J connectivity index is 3.63. The van der Waals surface area contributed by atoms with Crippen LogP contribution in [0.15, 0.2) is 5.16 Å². The van der Waals surface area contributed by atoms with Gasteiger partial charge < -0.3 is 9.94 Å². The molecule has 5 heteroatoms. The molecular weight excluding hydrogens is 177 g/mol. The molecule has 0 amide bonds. The van der Waals surface area contributed by atoms with E-state index in [-0.39, 0.29) is 11.8 Å². The summed E-state index contributed by atoms with van der Waals surface area (Å²) in [5.41, 5.74) is 0.504. The van der Waals surface area contributed by atoms with Crippen molar-refractivity contribution < 1.29 is 9.94 Å². The second kappa shape index (κ2) is 5.77. The van der Waals surface area contributed by atoms with E-state index in [0.29, 0.717) is 5.71 Å². The predicted octanol–water partition coefficient (Wildman–Crippen LogP) is 1.17. The largest absolute Gasteiger partial charge is 0.364 e. The number of nitrogens with zero attached hydrogens (tertiary/aromatic N) is 1. The zero-order chi connectivity index (χ0) is 7.98. The molecule has 0 aromatic carbocycles. The minimum absolute atomic E-state index is 0.218. The first kappa shape index (κ1) is 10.0. The van der Waals surface area contributed by atoms with Gasteiger partial charge >= 0.3 is 0 Å². The van der Waals surface area contributed by atoms with Crippen LogP contribution in [-0.2, 0) is 4.84 Å². The molecule has 0 radical (unpaired) electrons. The normalized spacial score (nSPS) is 12.4. The summed E-state index contributed by atoms with van der Waals surface area (Å²) >= 11 is 10.7. The first-order valence-electron chi connectivity index (χ1n) is 2.72. The number of aliphatic hydroxyl groups is 1. The smallest absolute Gasteiger partial charge is 0.221 e. The number of oxime groups is 1. The van der Waals surface area contributed by atoms with Crippen LogP contribution in [-0.4, -0.2) is 28.9 Å². The number of hydrogen-bond donors (Lipinski definition) is 1. The Labute approximate surface area is 69.6 Å². The fourth-order valence-corrected chi connectivity index (χ4v) is 0.619. The molecule has 0 saturated heterocycles. The standard InChI is InChI=1S/C5H9Cl2NO2/c1-4(9)10-8-5(2-6)3-7/h4,9H,2-3H2,1H3. The minimum atomic E-state index is -0.915. The minimum Gasteiger partial charge on any atom is -0.364 e. The lowest BCUT2D eigenvalue weighted by Gasteiger charge is -2.01. The molecule has 1 unspecified atom stereocenters. The molecule has 0 spiro atoms. The quantitative estimate of drug-likeness (QED) is 0.310. The SMILES string of the molecule is CC(O)ON=C(CCl)CCl. The molecule has 1 atom stereocenters. The van der Waals surface area contributed by atoms with Crippen LogP contribution in [0.4, 0.5) is 0 Å². The Morgan fingerprint density at radius 3 is 2.40 bits per heavy atom. The van der Waals surface area contributed by atoms with Gasteiger partial charge in [-0.05, 0) is 0 Å². The molecule has 10 heavy (non-hydrogen) atoms. The zero-order valence-corrected chi connectivity index (χ0v) is 7.06. The van der Waals surface area contributed by atoms with E-state index in [2.05, 4.69) is 9.99 Å². The summed E-state index contributed by atoms with van der Waals surface area (Å²) in [6, 6.07) is 0. The van der Waals surface area contributed by atoms with Crippen molar-refractivity contribution in [2.75, 3.05) is 11.8 Å². The molecule has 1 N–H and O–H groups in total. The van der Waals surface area contributed by atoms with Crippen molar-refractivity contribution in [1.29, 1.82) is 0 Å². The highest BCUT2D eigenvalue weighted by atomic mass is 35.5. The van der Waals surface area contributed by atoms with Crippen molar-refractivity contribution in [3.05, 3.63) is 0 Å². The van der Waals surface area contributed by atoms with E-state index in [9.17, 15) is 0 Å². The highest BCUT2D eigenvalue weighted by Crippen LogP contribution is 1.91. The fourth-order valence-electron chi connectivity index (χ4n) is 0.235. The van der Waals surface area contributed by atoms with Crippen LogP contribution in [0.25, 0.3) is 0 Å². The molecular formula is C5H9Cl2NO2. The molecule has 0 bridgehead atoms. The molecule has 0 aromatic heterocycles. The van der Waals surface area contributed by atoms with Gasteiger partial charge in [0, 0.05) is 6.92 Å². The van der Waals surface area contributed by atoms with E-state index >= 15 is 0 Å². The lowest BCUT2D eigenvalue weighted by Crippen LogP contribution is -2.07. The van der Waals surface area contributed by atoms with E-state index in [1.54, 1.807) is 0 Å². The Bertz CT molecular complexity index is 110. The number of alkyl halides is 2. The van der Waals surface area contributed by atoms with Crippen LogP contribution in [0, 0.1) is 0 Å². The summed E-state index contributed by atoms with van der Waals surface area (Å²) in [4.78, 5) is 4.46. The van der Waals surface area contributed by atoms with Crippen molar-refractivity contribution in [3.63, 3.8) is 0 Å². The van der Waals surface area contributed by atoms with E-state index in [4.69, 9.17) is 28.3 Å². The van der Waals surface area contributed by atoms with Gasteiger partial charge in [0.15, 0.2) is 0 Å². The summed E-state index contributed by atoms with van der Waals surface area (Å²) in [5, 5.41) is 12.0.